The van der Waals surface area contributed by atoms with Crippen LogP contribution in [0.25, 0.3) is 38.8 Å². The third-order valence-corrected chi connectivity index (χ3v) is 5.59. The average Bonchev–Trinajstić information content (AvgIpc) is 3.38. The van der Waals surface area contributed by atoms with E-state index in [2.05, 4.69) is 64.5 Å². The first-order chi connectivity index (χ1) is 15.7. The Balaban J connectivity index is 1.69. The number of aromatic nitrogens is 3. The van der Waals surface area contributed by atoms with Gasteiger partial charge in [-0.3, -0.25) is 5.43 Å². The number of fused-ring (bicyclic) bond motifs is 3. The van der Waals surface area contributed by atoms with Gasteiger partial charge in [-0.05, 0) is 49.5 Å². The molecule has 7 heteroatoms. The van der Waals surface area contributed by atoms with Gasteiger partial charge in [-0.25, -0.2) is 4.68 Å². The molecule has 0 fully saturated rings. The van der Waals surface area contributed by atoms with E-state index < -0.39 is 0 Å². The molecule has 0 radical (unpaired) electrons. The number of hydrogen-bond donors (Lipinski definition) is 2. The zero-order chi connectivity index (χ0) is 22.1. The number of benzene rings is 3. The molecule has 0 bridgehead atoms. The predicted octanol–water partition coefficient (Wildman–Crippen LogP) is 4.83. The van der Waals surface area contributed by atoms with Crippen LogP contribution in [0.5, 0.6) is 0 Å². The maximum atomic E-state index is 5.52. The lowest BCUT2D eigenvalue weighted by atomic mass is 10.0. The summed E-state index contributed by atoms with van der Waals surface area (Å²) in [5.41, 5.74) is 14.3. The molecule has 0 amide bonds. The second-order valence-electron chi connectivity index (χ2n) is 7.44. The molecule has 0 saturated carbocycles. The van der Waals surface area contributed by atoms with Crippen molar-refractivity contribution >= 4 is 45.4 Å². The summed E-state index contributed by atoms with van der Waals surface area (Å²) in [6, 6.07) is 25.0. The van der Waals surface area contributed by atoms with Gasteiger partial charge >= 0.3 is 0 Å². The smallest absolute Gasteiger partial charge is 0.184 e. The zero-order valence-electron chi connectivity index (χ0n) is 17.6. The summed E-state index contributed by atoms with van der Waals surface area (Å²) in [7, 11) is 0. The Kier molecular flexibility index (Phi) is 5.17. The van der Waals surface area contributed by atoms with Crippen LogP contribution < -0.4 is 11.2 Å². The van der Waals surface area contributed by atoms with Gasteiger partial charge < -0.3 is 10.3 Å². The quantitative estimate of drug-likeness (QED) is 0.234. The number of para-hydroxylation sites is 2. The lowest BCUT2D eigenvalue weighted by Gasteiger charge is -2.04. The highest BCUT2D eigenvalue weighted by Crippen LogP contribution is 2.33. The molecule has 6 nitrogen and oxygen atoms in total. The van der Waals surface area contributed by atoms with E-state index in [0.29, 0.717) is 0 Å². The van der Waals surface area contributed by atoms with Crippen molar-refractivity contribution in [3.05, 3.63) is 84.6 Å². The normalized spacial score (nSPS) is 11.5. The Morgan fingerprint density at radius 3 is 2.56 bits per heavy atom. The van der Waals surface area contributed by atoms with Gasteiger partial charge in [0.15, 0.2) is 5.11 Å². The first-order valence-corrected chi connectivity index (χ1v) is 10.8. The molecule has 5 aromatic rings. The Morgan fingerprint density at radius 1 is 1.03 bits per heavy atom. The summed E-state index contributed by atoms with van der Waals surface area (Å²) in [6.07, 6.45) is 3.65. The second kappa shape index (κ2) is 8.28. The first-order valence-electron chi connectivity index (χ1n) is 10.4. The number of hydrazone groups is 1. The molecule has 3 N–H and O–H groups in total. The maximum Gasteiger partial charge on any atom is 0.184 e. The molecule has 0 atom stereocenters. The summed E-state index contributed by atoms with van der Waals surface area (Å²) in [5, 5.41) is 11.6. The van der Waals surface area contributed by atoms with Crippen LogP contribution in [0.2, 0.25) is 0 Å². The lowest BCUT2D eigenvalue weighted by molar-refractivity contribution is 0.827. The Morgan fingerprint density at radius 2 is 1.78 bits per heavy atom. The SMILES string of the molecule is CCn1c2ccccc2c2cc(-c3nn(-c4ccccc4)cc3C=NNC(N)=S)ccc21. The molecule has 3 aromatic carbocycles. The highest BCUT2D eigenvalue weighted by Gasteiger charge is 2.15. The van der Waals surface area contributed by atoms with E-state index in [9.17, 15) is 0 Å². The fourth-order valence-corrected chi connectivity index (χ4v) is 4.18. The van der Waals surface area contributed by atoms with Gasteiger partial charge in [0.25, 0.3) is 0 Å². The zero-order valence-corrected chi connectivity index (χ0v) is 18.4. The summed E-state index contributed by atoms with van der Waals surface area (Å²) < 4.78 is 4.20. The molecule has 32 heavy (non-hydrogen) atoms. The number of hydrogen-bond acceptors (Lipinski definition) is 3. The van der Waals surface area contributed by atoms with E-state index in [-0.39, 0.29) is 5.11 Å². The van der Waals surface area contributed by atoms with Crippen LogP contribution in [0.3, 0.4) is 0 Å². The molecule has 0 aliphatic carbocycles. The molecule has 0 saturated heterocycles. The minimum absolute atomic E-state index is 0.118. The fraction of sp³-hybridized carbons (Fsp3) is 0.0800. The van der Waals surface area contributed by atoms with Crippen molar-refractivity contribution in [2.75, 3.05) is 0 Å². The molecule has 158 valence electrons. The Labute approximate surface area is 191 Å². The molecule has 0 aliphatic heterocycles. The number of rotatable bonds is 5. The van der Waals surface area contributed by atoms with Crippen LogP contribution in [0, 0.1) is 0 Å². The minimum Gasteiger partial charge on any atom is -0.375 e. The Hall–Kier alpha value is -3.97. The van der Waals surface area contributed by atoms with Crippen molar-refractivity contribution in [2.45, 2.75) is 13.5 Å². The summed E-state index contributed by atoms with van der Waals surface area (Å²) >= 11 is 4.86. The van der Waals surface area contributed by atoms with Gasteiger partial charge in [0.1, 0.15) is 5.69 Å². The van der Waals surface area contributed by atoms with Gasteiger partial charge in [-0.1, -0.05) is 42.5 Å². The topological polar surface area (TPSA) is 73.2 Å². The van der Waals surface area contributed by atoms with E-state index in [1.54, 1.807) is 6.21 Å². The van der Waals surface area contributed by atoms with E-state index in [0.717, 1.165) is 29.1 Å². The molecule has 0 unspecified atom stereocenters. The summed E-state index contributed by atoms with van der Waals surface area (Å²) in [5.74, 6) is 0. The van der Waals surface area contributed by atoms with Crippen molar-refractivity contribution in [1.82, 2.24) is 19.8 Å². The Bertz CT molecular complexity index is 1460. The monoisotopic (exact) mass is 438 g/mol. The van der Waals surface area contributed by atoms with Gasteiger partial charge in [0.05, 0.1) is 11.9 Å². The van der Waals surface area contributed by atoms with Gasteiger partial charge in [0.2, 0.25) is 0 Å². The number of nitrogens with one attached hydrogen (secondary N) is 1. The van der Waals surface area contributed by atoms with E-state index >= 15 is 0 Å². The average molecular weight is 439 g/mol. The fourth-order valence-electron chi connectivity index (χ4n) is 4.13. The number of aryl methyl sites for hydroxylation is 1. The van der Waals surface area contributed by atoms with Crippen LogP contribution >= 0.6 is 12.2 Å². The second-order valence-corrected chi connectivity index (χ2v) is 7.88. The standard InChI is InChI=1S/C25H22N6S/c1-2-30-22-11-7-6-10-20(22)21-14-17(12-13-23(21)30)24-18(15-27-28-25(26)32)16-31(29-24)19-8-4-3-5-9-19/h3-16H,2H2,1H3,(H3,26,28,32). The third kappa shape index (κ3) is 3.52. The van der Waals surface area contributed by atoms with Gasteiger partial charge in [-0.2, -0.15) is 10.2 Å². The molecule has 0 aliphatic rings. The first kappa shape index (κ1) is 20.0. The molecule has 2 heterocycles. The number of nitrogens with zero attached hydrogens (tertiary/aromatic N) is 4. The van der Waals surface area contributed by atoms with Crippen molar-refractivity contribution in [2.24, 2.45) is 10.8 Å². The molecular weight excluding hydrogens is 416 g/mol. The largest absolute Gasteiger partial charge is 0.375 e. The molecule has 0 spiro atoms. The van der Waals surface area contributed by atoms with Crippen molar-refractivity contribution in [3.63, 3.8) is 0 Å². The number of nitrogens with two attached hydrogens (primary N) is 1. The van der Waals surface area contributed by atoms with Crippen LogP contribution in [0.4, 0.5) is 0 Å². The minimum atomic E-state index is 0.118. The lowest BCUT2D eigenvalue weighted by Crippen LogP contribution is -2.24. The van der Waals surface area contributed by atoms with Gasteiger partial charge in [0, 0.05) is 45.7 Å². The highest BCUT2D eigenvalue weighted by molar-refractivity contribution is 7.80. The van der Waals surface area contributed by atoms with E-state index in [4.69, 9.17) is 23.1 Å². The molecule has 2 aromatic heterocycles. The van der Waals surface area contributed by atoms with Gasteiger partial charge in [-0.15, -0.1) is 0 Å². The summed E-state index contributed by atoms with van der Waals surface area (Å²) in [4.78, 5) is 0. The summed E-state index contributed by atoms with van der Waals surface area (Å²) in [6.45, 7) is 3.08. The van der Waals surface area contributed by atoms with Crippen molar-refractivity contribution < 1.29 is 0 Å². The third-order valence-electron chi connectivity index (χ3n) is 5.50. The van der Waals surface area contributed by atoms with E-state index in [1.165, 1.54) is 21.8 Å². The van der Waals surface area contributed by atoms with Crippen LogP contribution in [0.1, 0.15) is 12.5 Å². The van der Waals surface area contributed by atoms with Crippen LogP contribution in [-0.4, -0.2) is 25.7 Å². The van der Waals surface area contributed by atoms with E-state index in [1.807, 2.05) is 41.2 Å². The van der Waals surface area contributed by atoms with Crippen LogP contribution in [-0.2, 0) is 6.54 Å². The maximum absolute atomic E-state index is 5.52. The van der Waals surface area contributed by atoms with Crippen LogP contribution in [0.15, 0.2) is 84.1 Å². The van der Waals surface area contributed by atoms with Crippen molar-refractivity contribution in [3.8, 4) is 16.9 Å². The molecular formula is C25H22N6S. The molecule has 5 rings (SSSR count). The highest BCUT2D eigenvalue weighted by atomic mass is 32.1. The number of thiocarbonyl (C=S) groups is 1. The van der Waals surface area contributed by atoms with Crippen molar-refractivity contribution in [1.29, 1.82) is 0 Å². The predicted molar refractivity (Wildman–Crippen MR) is 135 cm³/mol.